The monoisotopic (exact) mass is 266 g/mol. The number of esters is 1. The smallest absolute Gasteiger partial charge is 0.338 e. The Kier molecular flexibility index (Phi) is 5.81. The van der Waals surface area contributed by atoms with Gasteiger partial charge in [-0.25, -0.2) is 4.79 Å². The Labute approximate surface area is 111 Å². The number of benzene rings is 1. The number of hydrogen-bond acceptors (Lipinski definition) is 5. The standard InChI is InChI=1S/C13H18N2O4/c1-9-3-4-10(7-11(9)14)13(17)19-8-12(16)15-5-6-18-2/h3-4,7H,5-6,8,14H2,1-2H3,(H,15,16). The molecule has 1 aromatic rings. The van der Waals surface area contributed by atoms with Crippen molar-refractivity contribution in [1.29, 1.82) is 0 Å². The lowest BCUT2D eigenvalue weighted by Gasteiger charge is -2.07. The molecule has 1 aromatic carbocycles. The van der Waals surface area contributed by atoms with Gasteiger partial charge in [0.1, 0.15) is 0 Å². The number of hydrogen-bond donors (Lipinski definition) is 2. The lowest BCUT2D eigenvalue weighted by molar-refractivity contribution is -0.124. The quantitative estimate of drug-likeness (QED) is 0.444. The number of rotatable bonds is 6. The number of amides is 1. The summed E-state index contributed by atoms with van der Waals surface area (Å²) in [4.78, 5) is 23.0. The van der Waals surface area contributed by atoms with E-state index in [-0.39, 0.29) is 12.5 Å². The highest BCUT2D eigenvalue weighted by atomic mass is 16.5. The maximum absolute atomic E-state index is 11.7. The van der Waals surface area contributed by atoms with Gasteiger partial charge in [0.25, 0.3) is 5.91 Å². The van der Waals surface area contributed by atoms with Gasteiger partial charge in [0.05, 0.1) is 12.2 Å². The highest BCUT2D eigenvalue weighted by molar-refractivity contribution is 5.92. The van der Waals surface area contributed by atoms with Crippen LogP contribution >= 0.6 is 0 Å². The Balaban J connectivity index is 2.42. The van der Waals surface area contributed by atoms with Crippen LogP contribution in [0.4, 0.5) is 5.69 Å². The summed E-state index contributed by atoms with van der Waals surface area (Å²) < 4.78 is 9.64. The number of nitrogens with one attached hydrogen (secondary N) is 1. The third kappa shape index (κ3) is 4.97. The fourth-order valence-electron chi connectivity index (χ4n) is 1.33. The van der Waals surface area contributed by atoms with E-state index >= 15 is 0 Å². The minimum atomic E-state index is -0.575. The first-order chi connectivity index (χ1) is 9.04. The van der Waals surface area contributed by atoms with E-state index in [1.807, 2.05) is 6.92 Å². The number of ether oxygens (including phenoxy) is 2. The van der Waals surface area contributed by atoms with Gasteiger partial charge in [0.15, 0.2) is 6.61 Å². The molecule has 19 heavy (non-hydrogen) atoms. The highest BCUT2D eigenvalue weighted by Gasteiger charge is 2.10. The molecular formula is C13H18N2O4. The second kappa shape index (κ2) is 7.38. The van der Waals surface area contributed by atoms with Gasteiger partial charge in [0, 0.05) is 19.3 Å². The Morgan fingerprint density at radius 2 is 2.11 bits per heavy atom. The molecule has 0 aromatic heterocycles. The summed E-state index contributed by atoms with van der Waals surface area (Å²) in [6.45, 7) is 2.31. The predicted molar refractivity (Wildman–Crippen MR) is 70.8 cm³/mol. The van der Waals surface area contributed by atoms with E-state index in [0.29, 0.717) is 24.4 Å². The number of anilines is 1. The van der Waals surface area contributed by atoms with Crippen molar-refractivity contribution in [2.45, 2.75) is 6.92 Å². The Morgan fingerprint density at radius 1 is 1.37 bits per heavy atom. The molecular weight excluding hydrogens is 248 g/mol. The first-order valence-electron chi connectivity index (χ1n) is 5.83. The van der Waals surface area contributed by atoms with Crippen molar-refractivity contribution >= 4 is 17.6 Å². The van der Waals surface area contributed by atoms with Gasteiger partial charge in [-0.2, -0.15) is 0 Å². The zero-order valence-electron chi connectivity index (χ0n) is 11.1. The van der Waals surface area contributed by atoms with Crippen LogP contribution in [0, 0.1) is 6.92 Å². The molecule has 6 heteroatoms. The molecule has 0 aliphatic rings. The fraction of sp³-hybridized carbons (Fsp3) is 0.385. The molecule has 1 amide bonds. The van der Waals surface area contributed by atoms with Gasteiger partial charge in [-0.3, -0.25) is 4.79 Å². The van der Waals surface area contributed by atoms with E-state index in [2.05, 4.69) is 5.32 Å². The second-order valence-electron chi connectivity index (χ2n) is 3.99. The summed E-state index contributed by atoms with van der Waals surface area (Å²) in [5.74, 6) is -0.945. The number of nitrogen functional groups attached to an aromatic ring is 1. The molecule has 0 unspecified atom stereocenters. The van der Waals surface area contributed by atoms with Crippen molar-refractivity contribution in [3.05, 3.63) is 29.3 Å². The maximum atomic E-state index is 11.7. The summed E-state index contributed by atoms with van der Waals surface area (Å²) in [7, 11) is 1.54. The van der Waals surface area contributed by atoms with Gasteiger partial charge in [0.2, 0.25) is 0 Å². The summed E-state index contributed by atoms with van der Waals surface area (Å²) in [6, 6.07) is 4.86. The van der Waals surface area contributed by atoms with E-state index in [9.17, 15) is 9.59 Å². The number of methoxy groups -OCH3 is 1. The molecule has 0 bridgehead atoms. The Hall–Kier alpha value is -2.08. The Morgan fingerprint density at radius 3 is 2.74 bits per heavy atom. The van der Waals surface area contributed by atoms with Gasteiger partial charge in [-0.05, 0) is 24.6 Å². The molecule has 0 saturated heterocycles. The maximum Gasteiger partial charge on any atom is 0.338 e. The summed E-state index contributed by atoms with van der Waals surface area (Å²) in [6.07, 6.45) is 0. The molecule has 6 nitrogen and oxygen atoms in total. The van der Waals surface area contributed by atoms with Crippen LogP contribution in [0.5, 0.6) is 0 Å². The molecule has 0 saturated carbocycles. The van der Waals surface area contributed by atoms with E-state index in [0.717, 1.165) is 5.56 Å². The number of aryl methyl sites for hydroxylation is 1. The largest absolute Gasteiger partial charge is 0.452 e. The highest BCUT2D eigenvalue weighted by Crippen LogP contribution is 2.13. The van der Waals surface area contributed by atoms with Crippen LogP contribution in [0.25, 0.3) is 0 Å². The number of carbonyl (C=O) groups is 2. The molecule has 0 aliphatic heterocycles. The third-order valence-corrected chi connectivity index (χ3v) is 2.48. The van der Waals surface area contributed by atoms with Crippen molar-refractivity contribution < 1.29 is 19.1 Å². The van der Waals surface area contributed by atoms with E-state index in [1.165, 1.54) is 13.2 Å². The number of carbonyl (C=O) groups excluding carboxylic acids is 2. The van der Waals surface area contributed by atoms with E-state index < -0.39 is 5.97 Å². The van der Waals surface area contributed by atoms with Crippen molar-refractivity contribution in [1.82, 2.24) is 5.32 Å². The summed E-state index contributed by atoms with van der Waals surface area (Å²) in [5, 5.41) is 2.55. The van der Waals surface area contributed by atoms with Crippen molar-refractivity contribution in [2.75, 3.05) is 32.6 Å². The molecule has 0 fully saturated rings. The molecule has 0 heterocycles. The minimum Gasteiger partial charge on any atom is -0.452 e. The zero-order chi connectivity index (χ0) is 14.3. The molecule has 0 aliphatic carbocycles. The number of nitrogens with two attached hydrogens (primary N) is 1. The molecule has 0 radical (unpaired) electrons. The third-order valence-electron chi connectivity index (χ3n) is 2.48. The van der Waals surface area contributed by atoms with Crippen LogP contribution in [-0.4, -0.2) is 38.7 Å². The zero-order valence-corrected chi connectivity index (χ0v) is 11.1. The average molecular weight is 266 g/mol. The van der Waals surface area contributed by atoms with Gasteiger partial charge >= 0.3 is 5.97 Å². The van der Waals surface area contributed by atoms with Crippen LogP contribution in [0.3, 0.4) is 0 Å². The summed E-state index contributed by atoms with van der Waals surface area (Å²) >= 11 is 0. The second-order valence-corrected chi connectivity index (χ2v) is 3.99. The van der Waals surface area contributed by atoms with Crippen molar-refractivity contribution in [2.24, 2.45) is 0 Å². The van der Waals surface area contributed by atoms with Crippen molar-refractivity contribution in [3.63, 3.8) is 0 Å². The molecule has 104 valence electrons. The topological polar surface area (TPSA) is 90.6 Å². The predicted octanol–water partition coefficient (Wildman–Crippen LogP) is 0.497. The fourth-order valence-corrected chi connectivity index (χ4v) is 1.33. The molecule has 0 spiro atoms. The first kappa shape index (κ1) is 15.0. The molecule has 3 N–H and O–H groups in total. The minimum absolute atomic E-state index is 0.323. The average Bonchev–Trinajstić information content (AvgIpc) is 2.39. The first-order valence-corrected chi connectivity index (χ1v) is 5.83. The normalized spacial score (nSPS) is 10.0. The molecule has 0 atom stereocenters. The van der Waals surface area contributed by atoms with Gasteiger partial charge in [-0.15, -0.1) is 0 Å². The van der Waals surface area contributed by atoms with Crippen LogP contribution in [0.1, 0.15) is 15.9 Å². The Bertz CT molecular complexity index is 460. The van der Waals surface area contributed by atoms with E-state index in [1.54, 1.807) is 12.1 Å². The van der Waals surface area contributed by atoms with Crippen LogP contribution in [0.15, 0.2) is 18.2 Å². The van der Waals surface area contributed by atoms with Crippen LogP contribution in [0.2, 0.25) is 0 Å². The van der Waals surface area contributed by atoms with Gasteiger partial charge < -0.3 is 20.5 Å². The van der Waals surface area contributed by atoms with Crippen LogP contribution < -0.4 is 11.1 Å². The lowest BCUT2D eigenvalue weighted by atomic mass is 10.1. The lowest BCUT2D eigenvalue weighted by Crippen LogP contribution is -2.31. The summed E-state index contributed by atoms with van der Waals surface area (Å²) in [5.41, 5.74) is 7.42. The SMILES string of the molecule is COCCNC(=O)COC(=O)c1ccc(C)c(N)c1. The van der Waals surface area contributed by atoms with Crippen LogP contribution in [-0.2, 0) is 14.3 Å². The van der Waals surface area contributed by atoms with Crippen molar-refractivity contribution in [3.8, 4) is 0 Å². The van der Waals surface area contributed by atoms with E-state index in [4.69, 9.17) is 15.2 Å². The molecule has 1 rings (SSSR count). The van der Waals surface area contributed by atoms with Gasteiger partial charge in [-0.1, -0.05) is 6.07 Å².